The molecule has 0 heterocycles. The van der Waals surface area contributed by atoms with E-state index in [1.54, 1.807) is 6.92 Å². The first kappa shape index (κ1) is 16.4. The molecule has 1 aromatic rings. The van der Waals surface area contributed by atoms with Gasteiger partial charge in [-0.15, -0.1) is 0 Å². The van der Waals surface area contributed by atoms with Gasteiger partial charge < -0.3 is 4.74 Å². The van der Waals surface area contributed by atoms with Crippen LogP contribution in [0.25, 0.3) is 0 Å². The lowest BCUT2D eigenvalue weighted by Crippen LogP contribution is -2.15. The van der Waals surface area contributed by atoms with Gasteiger partial charge in [-0.25, -0.2) is 0 Å². The van der Waals surface area contributed by atoms with Crippen LogP contribution in [0.5, 0.6) is 0 Å². The predicted octanol–water partition coefficient (Wildman–Crippen LogP) is 1.00. The maximum Gasteiger partial charge on any atom is 0.318 e. The third kappa shape index (κ3) is 4.20. The van der Waals surface area contributed by atoms with Crippen molar-refractivity contribution >= 4 is 33.3 Å². The van der Waals surface area contributed by atoms with Crippen LogP contribution in [0.3, 0.4) is 0 Å². The lowest BCUT2D eigenvalue weighted by Gasteiger charge is -2.05. The SMILES string of the molecule is CCOC(=O)CS(=O)c1ccc(S(C)=O)cc1[N+](=O)[O-]. The molecular weight excluding hydrogens is 306 g/mol. The Kier molecular flexibility index (Phi) is 5.96. The van der Waals surface area contributed by atoms with Gasteiger partial charge >= 0.3 is 5.97 Å². The minimum absolute atomic E-state index is 0.0859. The summed E-state index contributed by atoms with van der Waals surface area (Å²) in [6.07, 6.45) is 1.38. The van der Waals surface area contributed by atoms with Crippen molar-refractivity contribution in [2.24, 2.45) is 0 Å². The van der Waals surface area contributed by atoms with Crippen molar-refractivity contribution in [2.45, 2.75) is 16.7 Å². The molecular formula is C11H13NO6S2. The lowest BCUT2D eigenvalue weighted by atomic mass is 10.3. The van der Waals surface area contributed by atoms with Crippen LogP contribution in [0.2, 0.25) is 0 Å². The predicted molar refractivity (Wildman–Crippen MR) is 73.3 cm³/mol. The zero-order valence-corrected chi connectivity index (χ0v) is 12.5. The summed E-state index contributed by atoms with van der Waals surface area (Å²) in [6, 6.07) is 3.75. The quantitative estimate of drug-likeness (QED) is 0.440. The number of hydrogen-bond donors (Lipinski definition) is 0. The zero-order chi connectivity index (χ0) is 15.3. The summed E-state index contributed by atoms with van der Waals surface area (Å²) < 4.78 is 27.9. The van der Waals surface area contributed by atoms with E-state index in [4.69, 9.17) is 0 Å². The van der Waals surface area contributed by atoms with E-state index in [1.165, 1.54) is 18.4 Å². The summed E-state index contributed by atoms with van der Waals surface area (Å²) in [5.74, 6) is -1.15. The Balaban J connectivity index is 3.11. The van der Waals surface area contributed by atoms with Gasteiger partial charge in [-0.1, -0.05) is 0 Å². The highest BCUT2D eigenvalue weighted by atomic mass is 32.2. The molecule has 1 rings (SSSR count). The third-order valence-corrected chi connectivity index (χ3v) is 4.51. The summed E-state index contributed by atoms with van der Waals surface area (Å²) in [6.45, 7) is 1.75. The molecule has 9 heteroatoms. The summed E-state index contributed by atoms with van der Waals surface area (Å²) in [7, 11) is -3.27. The first-order valence-electron chi connectivity index (χ1n) is 5.52. The molecule has 0 aliphatic heterocycles. The number of carbonyl (C=O) groups is 1. The number of benzene rings is 1. The van der Waals surface area contributed by atoms with Gasteiger partial charge in [0.2, 0.25) is 0 Å². The van der Waals surface area contributed by atoms with E-state index >= 15 is 0 Å². The van der Waals surface area contributed by atoms with Gasteiger partial charge in [0.25, 0.3) is 5.69 Å². The van der Waals surface area contributed by atoms with Crippen molar-refractivity contribution in [3.63, 3.8) is 0 Å². The first-order valence-corrected chi connectivity index (χ1v) is 8.40. The average Bonchev–Trinajstić information content (AvgIpc) is 2.37. The lowest BCUT2D eigenvalue weighted by molar-refractivity contribution is -0.388. The van der Waals surface area contributed by atoms with Gasteiger partial charge in [0.05, 0.1) is 33.1 Å². The number of nitro benzene ring substituents is 1. The van der Waals surface area contributed by atoms with Crippen molar-refractivity contribution in [3.8, 4) is 0 Å². The number of ether oxygens (including phenoxy) is 1. The van der Waals surface area contributed by atoms with E-state index < -0.39 is 43.9 Å². The number of carbonyl (C=O) groups excluding carboxylic acids is 1. The van der Waals surface area contributed by atoms with E-state index in [0.29, 0.717) is 0 Å². The van der Waals surface area contributed by atoms with Crippen molar-refractivity contribution in [1.82, 2.24) is 0 Å². The molecule has 20 heavy (non-hydrogen) atoms. The molecule has 0 aliphatic carbocycles. The Labute approximate surface area is 120 Å². The second-order valence-electron chi connectivity index (χ2n) is 3.64. The summed E-state index contributed by atoms with van der Waals surface area (Å²) in [4.78, 5) is 21.7. The number of hydrogen-bond acceptors (Lipinski definition) is 6. The molecule has 7 nitrogen and oxygen atoms in total. The van der Waals surface area contributed by atoms with E-state index in [-0.39, 0.29) is 16.4 Å². The molecule has 0 bridgehead atoms. The van der Waals surface area contributed by atoms with Crippen LogP contribution >= 0.6 is 0 Å². The maximum absolute atomic E-state index is 12.0. The summed E-state index contributed by atoms with van der Waals surface area (Å²) in [5, 5.41) is 11.0. The topological polar surface area (TPSA) is 104 Å². The number of nitrogens with zero attached hydrogens (tertiary/aromatic N) is 1. The molecule has 0 amide bonds. The molecule has 1 aromatic carbocycles. The highest BCUT2D eigenvalue weighted by Crippen LogP contribution is 2.25. The van der Waals surface area contributed by atoms with Crippen molar-refractivity contribution in [2.75, 3.05) is 18.6 Å². The van der Waals surface area contributed by atoms with Crippen molar-refractivity contribution in [1.29, 1.82) is 0 Å². The molecule has 0 saturated carbocycles. The molecule has 2 unspecified atom stereocenters. The smallest absolute Gasteiger partial charge is 0.318 e. The fraction of sp³-hybridized carbons (Fsp3) is 0.364. The van der Waals surface area contributed by atoms with Crippen LogP contribution in [-0.4, -0.2) is 37.9 Å². The third-order valence-electron chi connectivity index (χ3n) is 2.26. The van der Waals surface area contributed by atoms with E-state index in [2.05, 4.69) is 4.74 Å². The number of rotatable bonds is 6. The van der Waals surface area contributed by atoms with E-state index in [1.807, 2.05) is 0 Å². The van der Waals surface area contributed by atoms with E-state index in [0.717, 1.165) is 6.07 Å². The standard InChI is InChI=1S/C11H13NO6S2/c1-3-18-11(13)7-20(17)10-5-4-8(19(2)16)6-9(10)12(14)15/h4-6H,3,7H2,1-2H3. The van der Waals surface area contributed by atoms with Crippen LogP contribution < -0.4 is 0 Å². The van der Waals surface area contributed by atoms with Crippen LogP contribution in [0.4, 0.5) is 5.69 Å². The number of esters is 1. The van der Waals surface area contributed by atoms with E-state index in [9.17, 15) is 23.3 Å². The average molecular weight is 319 g/mol. The fourth-order valence-corrected chi connectivity index (χ4v) is 2.98. The van der Waals surface area contributed by atoms with Crippen LogP contribution in [0.15, 0.2) is 28.0 Å². The largest absolute Gasteiger partial charge is 0.465 e. The van der Waals surface area contributed by atoms with Crippen molar-refractivity contribution in [3.05, 3.63) is 28.3 Å². The Hall–Kier alpha value is -1.61. The van der Waals surface area contributed by atoms with Crippen molar-refractivity contribution < 1.29 is 22.9 Å². The van der Waals surface area contributed by atoms with Gasteiger partial charge in [-0.3, -0.25) is 23.3 Å². The van der Waals surface area contributed by atoms with Crippen LogP contribution in [-0.2, 0) is 31.1 Å². The van der Waals surface area contributed by atoms with Gasteiger partial charge in [0, 0.05) is 17.2 Å². The Morgan fingerprint density at radius 3 is 2.55 bits per heavy atom. The minimum atomic E-state index is -1.88. The van der Waals surface area contributed by atoms with Crippen LogP contribution in [0.1, 0.15) is 6.92 Å². The van der Waals surface area contributed by atoms with Gasteiger partial charge in [0.15, 0.2) is 0 Å². The second kappa shape index (κ2) is 7.25. The monoisotopic (exact) mass is 319 g/mol. The summed E-state index contributed by atoms with van der Waals surface area (Å²) >= 11 is 0. The Morgan fingerprint density at radius 2 is 2.05 bits per heavy atom. The Morgan fingerprint density at radius 1 is 1.40 bits per heavy atom. The molecule has 2 atom stereocenters. The molecule has 0 N–H and O–H groups in total. The molecule has 0 fully saturated rings. The van der Waals surface area contributed by atoms with Crippen LogP contribution in [0, 0.1) is 10.1 Å². The molecule has 0 aliphatic rings. The van der Waals surface area contributed by atoms with Gasteiger partial charge in [-0.05, 0) is 19.1 Å². The molecule has 0 saturated heterocycles. The molecule has 110 valence electrons. The van der Waals surface area contributed by atoms with Gasteiger partial charge in [0.1, 0.15) is 10.6 Å². The zero-order valence-electron chi connectivity index (χ0n) is 10.9. The second-order valence-corrected chi connectivity index (χ2v) is 6.43. The normalized spacial score (nSPS) is 13.5. The van der Waals surface area contributed by atoms with Gasteiger partial charge in [-0.2, -0.15) is 0 Å². The minimum Gasteiger partial charge on any atom is -0.465 e. The number of nitro groups is 1. The molecule has 0 radical (unpaired) electrons. The Bertz CT molecular complexity index is 586. The first-order chi connectivity index (χ1) is 9.36. The molecule has 0 spiro atoms. The maximum atomic E-state index is 12.0. The summed E-state index contributed by atoms with van der Waals surface area (Å²) in [5.41, 5.74) is -0.416. The highest BCUT2D eigenvalue weighted by molar-refractivity contribution is 7.86. The fourth-order valence-electron chi connectivity index (χ4n) is 1.40. The highest BCUT2D eigenvalue weighted by Gasteiger charge is 2.22. The molecule has 0 aromatic heterocycles.